The third-order valence-corrected chi connectivity index (χ3v) is 5.46. The number of nitrogens with two attached hydrogens (primary N) is 1. The van der Waals surface area contributed by atoms with Crippen LogP contribution in [0.25, 0.3) is 21.7 Å². The van der Waals surface area contributed by atoms with Crippen LogP contribution in [-0.4, -0.2) is 57.0 Å². The van der Waals surface area contributed by atoms with E-state index in [9.17, 15) is 5.11 Å². The van der Waals surface area contributed by atoms with E-state index >= 15 is 0 Å². The van der Waals surface area contributed by atoms with Crippen molar-refractivity contribution >= 4 is 34.3 Å². The zero-order valence-corrected chi connectivity index (χ0v) is 16.7. The highest BCUT2D eigenvalue weighted by Gasteiger charge is 2.22. The largest absolute Gasteiger partial charge is 0.508 e. The van der Waals surface area contributed by atoms with Crippen LogP contribution in [0.1, 0.15) is 0 Å². The number of nitrogens with one attached hydrogen (secondary N) is 1. The number of aromatic nitrogens is 4. The van der Waals surface area contributed by atoms with Gasteiger partial charge in [0, 0.05) is 44.1 Å². The molecular formula is C21H21N9O. The molecule has 3 aromatic rings. The average molecular weight is 415 g/mol. The highest BCUT2D eigenvalue weighted by atomic mass is 16.3. The molecule has 0 spiro atoms. The fraction of sp³-hybridized carbons (Fsp3) is 0.238. The Bertz CT molecular complexity index is 1210. The maximum Gasteiger partial charge on any atom is 0.315 e. The number of allylic oxidation sites excluding steroid dienone is 2. The average Bonchev–Trinajstić information content (AvgIpc) is 3.24. The Hall–Kier alpha value is -4.26. The van der Waals surface area contributed by atoms with Gasteiger partial charge in [-0.05, 0) is 30.3 Å². The summed E-state index contributed by atoms with van der Waals surface area (Å²) in [4.78, 5) is 21.5. The number of fused-ring (bicyclic) bond motifs is 1. The number of dihydropyridines is 1. The number of rotatable bonds is 3. The molecule has 1 atom stereocenters. The van der Waals surface area contributed by atoms with E-state index in [0.29, 0.717) is 22.9 Å². The van der Waals surface area contributed by atoms with Crippen molar-refractivity contribution in [2.75, 3.05) is 41.7 Å². The van der Waals surface area contributed by atoms with Crippen molar-refractivity contribution in [3.63, 3.8) is 0 Å². The number of imidazole rings is 1. The maximum atomic E-state index is 9.50. The fourth-order valence-corrected chi connectivity index (χ4v) is 3.76. The summed E-state index contributed by atoms with van der Waals surface area (Å²) in [7, 11) is 0. The topological polar surface area (TPSA) is 113 Å². The molecule has 2 aliphatic rings. The minimum absolute atomic E-state index is 0.263. The molecule has 0 saturated carbocycles. The molecule has 156 valence electrons. The van der Waals surface area contributed by atoms with Gasteiger partial charge in [0.15, 0.2) is 17.0 Å². The van der Waals surface area contributed by atoms with Gasteiger partial charge in [0.05, 0.1) is 5.70 Å². The molecule has 4 N–H and O–H groups in total. The van der Waals surface area contributed by atoms with Crippen LogP contribution in [-0.2, 0) is 0 Å². The fourth-order valence-electron chi connectivity index (χ4n) is 3.76. The molecule has 4 heterocycles. The van der Waals surface area contributed by atoms with Crippen LogP contribution in [0.3, 0.4) is 0 Å². The van der Waals surface area contributed by atoms with Crippen molar-refractivity contribution in [2.45, 2.75) is 6.17 Å². The van der Waals surface area contributed by atoms with E-state index in [4.69, 9.17) is 17.3 Å². The molecule has 10 nitrogen and oxygen atoms in total. The van der Waals surface area contributed by atoms with Crippen LogP contribution in [0.5, 0.6) is 5.75 Å². The smallest absolute Gasteiger partial charge is 0.315 e. The van der Waals surface area contributed by atoms with Gasteiger partial charge in [0.1, 0.15) is 12.1 Å². The first-order chi connectivity index (χ1) is 15.1. The lowest BCUT2D eigenvalue weighted by Crippen LogP contribution is -2.47. The highest BCUT2D eigenvalue weighted by Crippen LogP contribution is 2.26. The second kappa shape index (κ2) is 7.53. The van der Waals surface area contributed by atoms with Crippen molar-refractivity contribution in [2.24, 2.45) is 0 Å². The third-order valence-electron chi connectivity index (χ3n) is 5.46. The Balaban J connectivity index is 1.39. The summed E-state index contributed by atoms with van der Waals surface area (Å²) in [6.07, 6.45) is 6.74. The molecule has 0 bridgehead atoms. The van der Waals surface area contributed by atoms with Crippen LogP contribution in [0, 0.1) is 6.57 Å². The van der Waals surface area contributed by atoms with Crippen LogP contribution in [0.15, 0.2) is 48.9 Å². The van der Waals surface area contributed by atoms with Crippen LogP contribution in [0.2, 0.25) is 0 Å². The number of phenols is 1. The number of aromatic hydroxyl groups is 1. The predicted octanol–water partition coefficient (Wildman–Crippen LogP) is 1.64. The van der Waals surface area contributed by atoms with Gasteiger partial charge in [0.2, 0.25) is 5.95 Å². The van der Waals surface area contributed by atoms with Crippen molar-refractivity contribution in [1.29, 1.82) is 0 Å². The number of phenolic OH excluding ortho intramolecular Hbond substituents is 1. The number of nitrogen functional groups attached to an aromatic ring is 1. The van der Waals surface area contributed by atoms with Gasteiger partial charge >= 0.3 is 6.17 Å². The van der Waals surface area contributed by atoms with Gasteiger partial charge in [-0.3, -0.25) is 9.41 Å². The van der Waals surface area contributed by atoms with E-state index < -0.39 is 0 Å². The molecule has 5 rings (SSSR count). The first kappa shape index (κ1) is 18.7. The second-order valence-corrected chi connectivity index (χ2v) is 7.36. The SMILES string of the molecule is [C-]#[N+]C1C=CC(n2cnc3c(N)nc(N4CCN(c5ccc(O)cc5)CC4)nc32)=CN1. The molecule has 2 aliphatic heterocycles. The first-order valence-electron chi connectivity index (χ1n) is 9.93. The summed E-state index contributed by atoms with van der Waals surface area (Å²) >= 11 is 0. The number of nitrogens with zero attached hydrogens (tertiary/aromatic N) is 7. The van der Waals surface area contributed by atoms with Gasteiger partial charge in [-0.2, -0.15) is 9.97 Å². The van der Waals surface area contributed by atoms with Gasteiger partial charge < -0.3 is 26.0 Å². The molecule has 0 amide bonds. The van der Waals surface area contributed by atoms with E-state index in [2.05, 4.69) is 29.9 Å². The molecule has 31 heavy (non-hydrogen) atoms. The Morgan fingerprint density at radius 1 is 1.10 bits per heavy atom. The normalized spacial score (nSPS) is 18.5. The van der Waals surface area contributed by atoms with Gasteiger partial charge in [-0.25, -0.2) is 11.6 Å². The van der Waals surface area contributed by atoms with Crippen molar-refractivity contribution in [3.05, 3.63) is 60.4 Å². The minimum atomic E-state index is -0.362. The summed E-state index contributed by atoms with van der Waals surface area (Å²) in [6, 6.07) is 7.23. The van der Waals surface area contributed by atoms with Crippen LogP contribution >= 0.6 is 0 Å². The monoisotopic (exact) mass is 415 g/mol. The Labute approximate surface area is 178 Å². The highest BCUT2D eigenvalue weighted by molar-refractivity contribution is 5.86. The number of piperazine rings is 1. The van der Waals surface area contributed by atoms with Crippen molar-refractivity contribution < 1.29 is 5.11 Å². The zero-order valence-electron chi connectivity index (χ0n) is 16.7. The maximum absolute atomic E-state index is 9.50. The van der Waals surface area contributed by atoms with Crippen molar-refractivity contribution in [3.8, 4) is 5.75 Å². The van der Waals surface area contributed by atoms with E-state index in [1.807, 2.05) is 22.8 Å². The quantitative estimate of drug-likeness (QED) is 0.554. The lowest BCUT2D eigenvalue weighted by molar-refractivity contribution is 0.475. The van der Waals surface area contributed by atoms with E-state index in [1.54, 1.807) is 30.7 Å². The first-order valence-corrected chi connectivity index (χ1v) is 9.93. The molecule has 0 radical (unpaired) electrons. The molecular weight excluding hydrogens is 394 g/mol. The molecule has 0 aliphatic carbocycles. The Morgan fingerprint density at radius 3 is 2.52 bits per heavy atom. The minimum Gasteiger partial charge on any atom is -0.508 e. The van der Waals surface area contributed by atoms with Crippen LogP contribution in [0.4, 0.5) is 17.5 Å². The molecule has 1 saturated heterocycles. The summed E-state index contributed by atoms with van der Waals surface area (Å²) in [5.41, 5.74) is 9.28. The molecule has 1 unspecified atom stereocenters. The molecule has 2 aromatic heterocycles. The van der Waals surface area contributed by atoms with E-state index in [-0.39, 0.29) is 11.9 Å². The summed E-state index contributed by atoms with van der Waals surface area (Å²) < 4.78 is 1.84. The standard InChI is InChI=1S/C21H21N9O/c1-23-17-7-4-15(12-24-17)30-13-25-18-19(22)26-21(27-20(18)30)29-10-8-28(9-11-29)14-2-5-16(31)6-3-14/h2-7,12-13,17,24,31H,8-11H2,(H2,22,26,27). The Kier molecular flexibility index (Phi) is 4.55. The predicted molar refractivity (Wildman–Crippen MR) is 119 cm³/mol. The summed E-state index contributed by atoms with van der Waals surface area (Å²) in [6.45, 7) is 10.2. The zero-order chi connectivity index (χ0) is 21.4. The number of hydrogen-bond acceptors (Lipinski definition) is 8. The van der Waals surface area contributed by atoms with E-state index in [1.165, 1.54) is 0 Å². The number of benzene rings is 1. The molecule has 1 aromatic carbocycles. The van der Waals surface area contributed by atoms with Crippen LogP contribution < -0.4 is 20.9 Å². The van der Waals surface area contributed by atoms with Gasteiger partial charge in [-0.15, -0.1) is 0 Å². The van der Waals surface area contributed by atoms with Gasteiger partial charge in [-0.1, -0.05) is 0 Å². The Morgan fingerprint density at radius 2 is 1.84 bits per heavy atom. The molecule has 10 heteroatoms. The lowest BCUT2D eigenvalue weighted by atomic mass is 10.2. The number of anilines is 3. The second-order valence-electron chi connectivity index (χ2n) is 7.36. The molecule has 1 fully saturated rings. The lowest BCUT2D eigenvalue weighted by Gasteiger charge is -2.36. The van der Waals surface area contributed by atoms with E-state index in [0.717, 1.165) is 37.6 Å². The van der Waals surface area contributed by atoms with Crippen molar-refractivity contribution in [1.82, 2.24) is 24.8 Å². The third kappa shape index (κ3) is 3.46. The number of hydrogen-bond donors (Lipinski definition) is 3. The summed E-state index contributed by atoms with van der Waals surface area (Å²) in [5.74, 6) is 1.18. The van der Waals surface area contributed by atoms with Gasteiger partial charge in [0.25, 0.3) is 0 Å². The summed E-state index contributed by atoms with van der Waals surface area (Å²) in [5, 5.41) is 12.5.